The fraction of sp³-hybridized carbons (Fsp3) is 0.333. The molecular formula is C15H17FO2. The maximum Gasteiger partial charge on any atom is 0.128 e. The first-order valence-corrected chi connectivity index (χ1v) is 6.01. The molecule has 0 aliphatic carbocycles. The third-order valence-electron chi connectivity index (χ3n) is 2.99. The first-order chi connectivity index (χ1) is 8.74. The smallest absolute Gasteiger partial charge is 0.128 e. The Morgan fingerprint density at radius 2 is 2.11 bits per heavy atom. The van der Waals surface area contributed by atoms with Crippen molar-refractivity contribution in [2.75, 3.05) is 13.7 Å². The number of methoxy groups -OCH3 is 1. The normalized spacial score (nSPS) is 23.6. The maximum atomic E-state index is 12.9. The van der Waals surface area contributed by atoms with Crippen LogP contribution in [0.5, 0.6) is 0 Å². The first kappa shape index (κ1) is 12.8. The number of halogens is 1. The fourth-order valence-corrected chi connectivity index (χ4v) is 2.06. The van der Waals surface area contributed by atoms with Gasteiger partial charge in [0.05, 0.1) is 6.61 Å². The Balaban J connectivity index is 2.16. The Hall–Kier alpha value is -1.61. The molecular weight excluding hydrogens is 231 g/mol. The minimum absolute atomic E-state index is 0.0279. The van der Waals surface area contributed by atoms with Crippen molar-refractivity contribution in [2.24, 2.45) is 0 Å². The van der Waals surface area contributed by atoms with E-state index in [0.717, 1.165) is 23.3 Å². The zero-order chi connectivity index (χ0) is 13.0. The summed E-state index contributed by atoms with van der Waals surface area (Å²) in [4.78, 5) is 0. The van der Waals surface area contributed by atoms with E-state index in [0.29, 0.717) is 6.61 Å². The lowest BCUT2D eigenvalue weighted by Crippen LogP contribution is -1.94. The molecule has 18 heavy (non-hydrogen) atoms. The van der Waals surface area contributed by atoms with E-state index in [1.165, 1.54) is 12.1 Å². The Bertz CT molecular complexity index is 460. The van der Waals surface area contributed by atoms with Crippen molar-refractivity contribution in [3.63, 3.8) is 0 Å². The lowest BCUT2D eigenvalue weighted by Gasteiger charge is -2.09. The van der Waals surface area contributed by atoms with Gasteiger partial charge in [0, 0.05) is 13.5 Å². The van der Waals surface area contributed by atoms with Gasteiger partial charge >= 0.3 is 0 Å². The van der Waals surface area contributed by atoms with Crippen molar-refractivity contribution in [1.29, 1.82) is 0 Å². The molecule has 0 N–H and O–H groups in total. The van der Waals surface area contributed by atoms with E-state index in [-0.39, 0.29) is 11.9 Å². The summed E-state index contributed by atoms with van der Waals surface area (Å²) in [7, 11) is 1.67. The van der Waals surface area contributed by atoms with Gasteiger partial charge in [0.25, 0.3) is 0 Å². The van der Waals surface area contributed by atoms with Crippen LogP contribution in [-0.2, 0) is 9.47 Å². The van der Waals surface area contributed by atoms with Crippen LogP contribution >= 0.6 is 0 Å². The third-order valence-corrected chi connectivity index (χ3v) is 2.99. The molecule has 1 aromatic rings. The predicted octanol–water partition coefficient (Wildman–Crippen LogP) is 3.76. The van der Waals surface area contributed by atoms with Crippen LogP contribution in [0, 0.1) is 5.82 Å². The molecule has 1 atom stereocenters. The molecule has 96 valence electrons. The Kier molecular flexibility index (Phi) is 4.15. The highest BCUT2D eigenvalue weighted by atomic mass is 19.1. The Morgan fingerprint density at radius 3 is 2.72 bits per heavy atom. The van der Waals surface area contributed by atoms with Crippen LogP contribution in [0.25, 0.3) is 0 Å². The summed E-state index contributed by atoms with van der Waals surface area (Å²) < 4.78 is 23.8. The Labute approximate surface area is 107 Å². The van der Waals surface area contributed by atoms with Gasteiger partial charge in [0.15, 0.2) is 0 Å². The van der Waals surface area contributed by atoms with Crippen LogP contribution in [0.15, 0.2) is 47.7 Å². The second kappa shape index (κ2) is 5.83. The van der Waals surface area contributed by atoms with E-state index < -0.39 is 0 Å². The zero-order valence-corrected chi connectivity index (χ0v) is 10.7. The number of hydrogen-bond donors (Lipinski definition) is 0. The number of rotatable bonds is 3. The molecule has 2 rings (SSSR count). The summed E-state index contributed by atoms with van der Waals surface area (Å²) in [6, 6.07) is 6.47. The molecule has 1 heterocycles. The maximum absolute atomic E-state index is 12.9. The molecule has 1 unspecified atom stereocenters. The second-order valence-corrected chi connectivity index (χ2v) is 4.20. The lowest BCUT2D eigenvalue weighted by molar-refractivity contribution is 0.163. The van der Waals surface area contributed by atoms with Crippen molar-refractivity contribution in [1.82, 2.24) is 0 Å². The van der Waals surface area contributed by atoms with Gasteiger partial charge < -0.3 is 9.47 Å². The van der Waals surface area contributed by atoms with Crippen LogP contribution in [0.2, 0.25) is 0 Å². The number of allylic oxidation sites excluding steroid dienone is 2. The molecule has 0 amide bonds. The zero-order valence-electron chi connectivity index (χ0n) is 10.7. The molecule has 0 saturated carbocycles. The summed E-state index contributed by atoms with van der Waals surface area (Å²) in [5.41, 5.74) is 2.14. The second-order valence-electron chi connectivity index (χ2n) is 4.20. The highest BCUT2D eigenvalue weighted by Gasteiger charge is 2.26. The van der Waals surface area contributed by atoms with Gasteiger partial charge in [-0.25, -0.2) is 4.39 Å². The number of hydrogen-bond acceptors (Lipinski definition) is 2. The molecule has 0 spiro atoms. The standard InChI is InChI=1S/C15H17FO2/c1-3-14-12(8-9-17-2)10-15(18-14)11-4-6-13(16)7-5-11/h3-8,15H,9-10H2,1-2H3/b12-8-,14-3+. The number of benzene rings is 1. The molecule has 3 heteroatoms. The van der Waals surface area contributed by atoms with Crippen molar-refractivity contribution >= 4 is 0 Å². The van der Waals surface area contributed by atoms with E-state index in [1.807, 2.05) is 19.1 Å². The highest BCUT2D eigenvalue weighted by Crippen LogP contribution is 2.38. The van der Waals surface area contributed by atoms with Crippen LogP contribution < -0.4 is 0 Å². The van der Waals surface area contributed by atoms with E-state index in [9.17, 15) is 4.39 Å². The minimum atomic E-state index is -0.224. The van der Waals surface area contributed by atoms with Gasteiger partial charge in [-0.3, -0.25) is 0 Å². The van der Waals surface area contributed by atoms with Gasteiger partial charge in [-0.2, -0.15) is 0 Å². The summed E-state index contributed by atoms with van der Waals surface area (Å²) in [5, 5.41) is 0. The van der Waals surface area contributed by atoms with Crippen molar-refractivity contribution < 1.29 is 13.9 Å². The minimum Gasteiger partial charge on any atom is -0.485 e. The van der Waals surface area contributed by atoms with Gasteiger partial charge in [-0.15, -0.1) is 0 Å². The summed E-state index contributed by atoms with van der Waals surface area (Å²) in [6.07, 6.45) is 4.75. The van der Waals surface area contributed by atoms with Crippen LogP contribution in [0.1, 0.15) is 25.0 Å². The molecule has 0 radical (unpaired) electrons. The molecule has 1 aromatic carbocycles. The Morgan fingerprint density at radius 1 is 1.39 bits per heavy atom. The van der Waals surface area contributed by atoms with Gasteiger partial charge in [-0.05, 0) is 36.3 Å². The fourth-order valence-electron chi connectivity index (χ4n) is 2.06. The van der Waals surface area contributed by atoms with E-state index >= 15 is 0 Å². The monoisotopic (exact) mass is 248 g/mol. The van der Waals surface area contributed by atoms with Gasteiger partial charge in [0.2, 0.25) is 0 Å². The number of ether oxygens (including phenoxy) is 2. The molecule has 1 fully saturated rings. The molecule has 2 nitrogen and oxygen atoms in total. The first-order valence-electron chi connectivity index (χ1n) is 6.01. The topological polar surface area (TPSA) is 18.5 Å². The van der Waals surface area contributed by atoms with E-state index in [1.54, 1.807) is 19.2 Å². The molecule has 1 saturated heterocycles. The van der Waals surface area contributed by atoms with E-state index in [4.69, 9.17) is 9.47 Å². The molecule has 0 bridgehead atoms. The van der Waals surface area contributed by atoms with Crippen molar-refractivity contribution in [2.45, 2.75) is 19.4 Å². The summed E-state index contributed by atoms with van der Waals surface area (Å²) >= 11 is 0. The molecule has 0 aromatic heterocycles. The average Bonchev–Trinajstić information content (AvgIpc) is 2.80. The van der Waals surface area contributed by atoms with Crippen molar-refractivity contribution in [3.8, 4) is 0 Å². The van der Waals surface area contributed by atoms with Crippen molar-refractivity contribution in [3.05, 3.63) is 59.1 Å². The van der Waals surface area contributed by atoms with Crippen LogP contribution in [-0.4, -0.2) is 13.7 Å². The van der Waals surface area contributed by atoms with E-state index in [2.05, 4.69) is 0 Å². The SMILES string of the molecule is C/C=C1/OC(c2ccc(F)cc2)C/C1=C/COC. The molecule has 1 aliphatic heterocycles. The van der Waals surface area contributed by atoms with Gasteiger partial charge in [0.1, 0.15) is 17.7 Å². The largest absolute Gasteiger partial charge is 0.485 e. The quantitative estimate of drug-likeness (QED) is 0.810. The summed E-state index contributed by atoms with van der Waals surface area (Å²) in [6.45, 7) is 2.52. The average molecular weight is 248 g/mol. The third kappa shape index (κ3) is 2.79. The predicted molar refractivity (Wildman–Crippen MR) is 68.6 cm³/mol. The van der Waals surface area contributed by atoms with Gasteiger partial charge in [-0.1, -0.05) is 18.2 Å². The summed E-state index contributed by atoms with van der Waals surface area (Å²) in [5.74, 6) is 0.666. The molecule has 1 aliphatic rings. The van der Waals surface area contributed by atoms with Crippen LogP contribution in [0.3, 0.4) is 0 Å². The lowest BCUT2D eigenvalue weighted by atomic mass is 10.0. The van der Waals surface area contributed by atoms with Crippen LogP contribution in [0.4, 0.5) is 4.39 Å². The highest BCUT2D eigenvalue weighted by molar-refractivity contribution is 5.34.